The van der Waals surface area contributed by atoms with E-state index in [9.17, 15) is 27.6 Å². The summed E-state index contributed by atoms with van der Waals surface area (Å²) in [5, 5.41) is 2.14. The number of carbonyl (C=O) groups excluding carboxylic acids is 3. The third-order valence-electron chi connectivity index (χ3n) is 5.56. The average Bonchev–Trinajstić information content (AvgIpc) is 3.16. The van der Waals surface area contributed by atoms with Gasteiger partial charge in [-0.05, 0) is 59.8 Å². The Morgan fingerprint density at radius 1 is 1.10 bits per heavy atom. The van der Waals surface area contributed by atoms with Crippen LogP contribution in [0.25, 0.3) is 6.08 Å². The largest absolute Gasteiger partial charge is 0.493 e. The number of hydrogen-bond acceptors (Lipinski definition) is 6. The molecule has 13 heteroatoms. The zero-order chi connectivity index (χ0) is 29.0. The van der Waals surface area contributed by atoms with Crippen molar-refractivity contribution in [2.45, 2.75) is 12.8 Å². The molecular formula is C27H19BrClF3N2O5S. The number of halogens is 5. The van der Waals surface area contributed by atoms with E-state index in [4.69, 9.17) is 21.1 Å². The smallest absolute Gasteiger partial charge is 0.416 e. The van der Waals surface area contributed by atoms with E-state index in [-0.39, 0.29) is 17.2 Å². The topological polar surface area (TPSA) is 84.9 Å². The molecule has 3 aromatic carbocycles. The second kappa shape index (κ2) is 12.4. The van der Waals surface area contributed by atoms with Gasteiger partial charge in [0, 0.05) is 20.7 Å². The molecule has 3 amide bonds. The van der Waals surface area contributed by atoms with Crippen LogP contribution in [0.5, 0.6) is 11.5 Å². The molecule has 1 N–H and O–H groups in total. The fourth-order valence-corrected chi connectivity index (χ4v) is 5.06. The highest BCUT2D eigenvalue weighted by Gasteiger charge is 2.37. The number of methoxy groups -OCH3 is 1. The number of hydrogen-bond donors (Lipinski definition) is 1. The third-order valence-corrected chi connectivity index (χ3v) is 7.52. The number of carbonyl (C=O) groups is 3. The molecule has 0 unspecified atom stereocenters. The molecule has 0 saturated carbocycles. The van der Waals surface area contributed by atoms with E-state index in [0.29, 0.717) is 43.2 Å². The van der Waals surface area contributed by atoms with Gasteiger partial charge in [0.2, 0.25) is 5.91 Å². The number of amides is 3. The molecule has 7 nitrogen and oxygen atoms in total. The minimum absolute atomic E-state index is 0.0457. The summed E-state index contributed by atoms with van der Waals surface area (Å²) in [5.41, 5.74) is 0.217. The molecule has 1 aliphatic rings. The molecule has 4 rings (SSSR count). The van der Waals surface area contributed by atoms with Gasteiger partial charge >= 0.3 is 6.18 Å². The lowest BCUT2D eigenvalue weighted by Crippen LogP contribution is -2.36. The number of nitrogens with one attached hydrogen (secondary N) is 1. The van der Waals surface area contributed by atoms with Crippen molar-refractivity contribution < 1.29 is 37.0 Å². The van der Waals surface area contributed by atoms with Crippen LogP contribution < -0.4 is 14.8 Å². The van der Waals surface area contributed by atoms with Crippen LogP contribution in [-0.4, -0.2) is 35.6 Å². The Bertz CT molecular complexity index is 1520. The maximum atomic E-state index is 12.9. The number of alkyl halides is 3. The van der Waals surface area contributed by atoms with E-state index < -0.39 is 35.3 Å². The van der Waals surface area contributed by atoms with Gasteiger partial charge in [-0.15, -0.1) is 0 Å². The first-order valence-corrected chi connectivity index (χ1v) is 13.4. The molecule has 3 aromatic rings. The van der Waals surface area contributed by atoms with Crippen molar-refractivity contribution in [2.75, 3.05) is 19.0 Å². The molecule has 1 aliphatic heterocycles. The molecule has 1 fully saturated rings. The minimum Gasteiger partial charge on any atom is -0.493 e. The fourth-order valence-electron chi connectivity index (χ4n) is 3.60. The van der Waals surface area contributed by atoms with E-state index in [1.54, 1.807) is 18.2 Å². The summed E-state index contributed by atoms with van der Waals surface area (Å²) >= 11 is 10.3. The van der Waals surface area contributed by atoms with Crippen LogP contribution in [0.1, 0.15) is 16.7 Å². The van der Waals surface area contributed by atoms with E-state index in [1.165, 1.54) is 19.3 Å². The maximum Gasteiger partial charge on any atom is 0.416 e. The van der Waals surface area contributed by atoms with Crippen molar-refractivity contribution >= 4 is 68.1 Å². The van der Waals surface area contributed by atoms with E-state index in [1.807, 2.05) is 18.2 Å². The summed E-state index contributed by atoms with van der Waals surface area (Å²) in [6.07, 6.45) is -3.13. The fraction of sp³-hybridized carbons (Fsp3) is 0.148. The van der Waals surface area contributed by atoms with E-state index in [0.717, 1.165) is 23.8 Å². The number of ether oxygens (including phenoxy) is 2. The van der Waals surface area contributed by atoms with Crippen LogP contribution in [0.4, 0.5) is 23.7 Å². The summed E-state index contributed by atoms with van der Waals surface area (Å²) in [6.45, 7) is -0.485. The third kappa shape index (κ3) is 6.98. The van der Waals surface area contributed by atoms with Gasteiger partial charge in [-0.25, -0.2) is 0 Å². The van der Waals surface area contributed by atoms with Gasteiger partial charge in [0.15, 0.2) is 11.5 Å². The normalized spacial score (nSPS) is 14.6. The van der Waals surface area contributed by atoms with Crippen molar-refractivity contribution in [3.05, 3.63) is 91.8 Å². The molecule has 0 atom stereocenters. The highest BCUT2D eigenvalue weighted by molar-refractivity contribution is 9.10. The predicted octanol–water partition coefficient (Wildman–Crippen LogP) is 7.38. The summed E-state index contributed by atoms with van der Waals surface area (Å²) in [5.74, 6) is -0.781. The number of rotatable bonds is 8. The highest BCUT2D eigenvalue weighted by atomic mass is 79.9. The monoisotopic (exact) mass is 654 g/mol. The minimum atomic E-state index is -4.59. The van der Waals surface area contributed by atoms with Gasteiger partial charge in [0.25, 0.3) is 11.1 Å². The predicted molar refractivity (Wildman–Crippen MR) is 149 cm³/mol. The van der Waals surface area contributed by atoms with Crippen LogP contribution in [0, 0.1) is 0 Å². The second-order valence-electron chi connectivity index (χ2n) is 8.30. The van der Waals surface area contributed by atoms with Crippen molar-refractivity contribution in [1.29, 1.82) is 0 Å². The summed E-state index contributed by atoms with van der Waals surface area (Å²) < 4.78 is 50.7. The summed E-state index contributed by atoms with van der Waals surface area (Å²) in [6, 6.07) is 14.5. The number of nitrogens with zero attached hydrogens (tertiary/aromatic N) is 1. The standard InChI is InChI=1S/C27H19BrClF3N2O5S/c1-38-21-9-16(19(28)12-22(21)39-14-15-5-2-3-8-20(15)29)10-23-25(36)34(26(37)40-23)13-24(35)33-18-7-4-6-17(11-18)27(30,31)32/h2-12H,13-14H2,1H3,(H,33,35)/b23-10-. The second-order valence-corrected chi connectivity index (χ2v) is 10.6. The van der Waals surface area contributed by atoms with Crippen LogP contribution >= 0.6 is 39.3 Å². The lowest BCUT2D eigenvalue weighted by atomic mass is 10.1. The highest BCUT2D eigenvalue weighted by Crippen LogP contribution is 2.38. The first kappa shape index (κ1) is 29.5. The lowest BCUT2D eigenvalue weighted by Gasteiger charge is -2.14. The van der Waals surface area contributed by atoms with Gasteiger partial charge < -0.3 is 14.8 Å². The number of anilines is 1. The van der Waals surface area contributed by atoms with Crippen molar-refractivity contribution in [3.8, 4) is 11.5 Å². The van der Waals surface area contributed by atoms with Crippen LogP contribution in [0.2, 0.25) is 5.02 Å². The molecule has 0 radical (unpaired) electrons. The zero-order valence-electron chi connectivity index (χ0n) is 20.6. The van der Waals surface area contributed by atoms with Crippen LogP contribution in [-0.2, 0) is 22.4 Å². The van der Waals surface area contributed by atoms with E-state index in [2.05, 4.69) is 21.2 Å². The van der Waals surface area contributed by atoms with Gasteiger partial charge in [0.1, 0.15) is 13.2 Å². The number of benzene rings is 3. The Kier molecular flexibility index (Phi) is 9.12. The molecule has 0 bridgehead atoms. The molecule has 0 aliphatic carbocycles. The Hall–Kier alpha value is -3.48. The van der Waals surface area contributed by atoms with Crippen molar-refractivity contribution in [3.63, 3.8) is 0 Å². The lowest BCUT2D eigenvalue weighted by molar-refractivity contribution is -0.137. The molecular weight excluding hydrogens is 637 g/mol. The molecule has 1 saturated heterocycles. The molecule has 0 aromatic heterocycles. The van der Waals surface area contributed by atoms with Gasteiger partial charge in [0.05, 0.1) is 17.6 Å². The zero-order valence-corrected chi connectivity index (χ0v) is 23.7. The quantitative estimate of drug-likeness (QED) is 0.255. The summed E-state index contributed by atoms with van der Waals surface area (Å²) in [4.78, 5) is 38.6. The SMILES string of the molecule is COc1cc(/C=C2\SC(=O)N(CC(=O)Nc3cccc(C(F)(F)F)c3)C2=O)c(Br)cc1OCc1ccccc1Cl. The van der Waals surface area contributed by atoms with Crippen LogP contribution in [0.15, 0.2) is 70.0 Å². The van der Waals surface area contributed by atoms with E-state index >= 15 is 0 Å². The first-order valence-electron chi connectivity index (χ1n) is 11.4. The van der Waals surface area contributed by atoms with Gasteiger partial charge in [-0.2, -0.15) is 13.2 Å². The average molecular weight is 656 g/mol. The Morgan fingerprint density at radius 2 is 1.85 bits per heavy atom. The van der Waals surface area contributed by atoms with Gasteiger partial charge in [-0.1, -0.05) is 51.8 Å². The molecule has 0 spiro atoms. The Balaban J connectivity index is 1.46. The van der Waals surface area contributed by atoms with Crippen molar-refractivity contribution in [2.24, 2.45) is 0 Å². The Morgan fingerprint density at radius 3 is 2.55 bits per heavy atom. The summed E-state index contributed by atoms with van der Waals surface area (Å²) in [7, 11) is 1.45. The first-order chi connectivity index (χ1) is 19.0. The number of thioether (sulfide) groups is 1. The number of imide groups is 1. The molecule has 208 valence electrons. The molecule has 1 heterocycles. The van der Waals surface area contributed by atoms with Crippen LogP contribution in [0.3, 0.4) is 0 Å². The molecule has 40 heavy (non-hydrogen) atoms. The maximum absolute atomic E-state index is 12.9. The Labute approximate surface area is 244 Å². The van der Waals surface area contributed by atoms with Gasteiger partial charge in [-0.3, -0.25) is 19.3 Å². The van der Waals surface area contributed by atoms with Crippen molar-refractivity contribution in [1.82, 2.24) is 4.90 Å².